The highest BCUT2D eigenvalue weighted by molar-refractivity contribution is 7.92. The standard InChI is InChI=1S/C21H28N4O5S/c1-20(2)11-15(21(3,4)30-20)13-31(26,27)24-19-18-16(28-5)9-14(10-17(18)29-23-19)12-25-8-6-7-22-25/h6-10,15H,11-13H2,1-5H3,(H,23,24). The Bertz CT molecular complexity index is 1180. The van der Waals surface area contributed by atoms with Crippen LogP contribution < -0.4 is 9.46 Å². The van der Waals surface area contributed by atoms with Crippen LogP contribution in [0.25, 0.3) is 11.0 Å². The minimum Gasteiger partial charge on any atom is -0.496 e. The van der Waals surface area contributed by atoms with E-state index in [4.69, 9.17) is 14.0 Å². The first kappa shape index (κ1) is 21.6. The number of aromatic nitrogens is 3. The zero-order chi connectivity index (χ0) is 22.4. The molecule has 10 heteroatoms. The SMILES string of the molecule is COc1cc(Cn2cccn2)cc2onc(NS(=O)(=O)CC3CC(C)(C)OC3(C)C)c12. The van der Waals surface area contributed by atoms with Gasteiger partial charge in [0, 0.05) is 18.3 Å². The Kier molecular flexibility index (Phi) is 5.25. The fraction of sp³-hybridized carbons (Fsp3) is 0.524. The van der Waals surface area contributed by atoms with E-state index in [1.807, 2.05) is 46.0 Å². The van der Waals surface area contributed by atoms with Crippen molar-refractivity contribution in [3.63, 3.8) is 0 Å². The van der Waals surface area contributed by atoms with Gasteiger partial charge >= 0.3 is 0 Å². The number of benzene rings is 1. The van der Waals surface area contributed by atoms with E-state index in [0.717, 1.165) is 5.56 Å². The van der Waals surface area contributed by atoms with E-state index in [9.17, 15) is 8.42 Å². The summed E-state index contributed by atoms with van der Waals surface area (Å²) in [5.74, 6) is 0.371. The molecule has 1 unspecified atom stereocenters. The largest absolute Gasteiger partial charge is 0.496 e. The van der Waals surface area contributed by atoms with Crippen LogP contribution >= 0.6 is 0 Å². The zero-order valence-electron chi connectivity index (χ0n) is 18.4. The smallest absolute Gasteiger partial charge is 0.234 e. The second-order valence-electron chi connectivity index (χ2n) is 9.16. The molecule has 0 spiro atoms. The Labute approximate surface area is 181 Å². The van der Waals surface area contributed by atoms with Gasteiger partial charge in [0.1, 0.15) is 11.1 Å². The lowest BCUT2D eigenvalue weighted by atomic mass is 9.89. The molecule has 4 rings (SSSR count). The van der Waals surface area contributed by atoms with Gasteiger partial charge in [-0.1, -0.05) is 5.16 Å². The number of nitrogens with one attached hydrogen (secondary N) is 1. The Balaban J connectivity index is 1.59. The minimum absolute atomic E-state index is 0.0719. The lowest BCUT2D eigenvalue weighted by molar-refractivity contribution is -0.0726. The van der Waals surface area contributed by atoms with Crippen molar-refractivity contribution in [2.24, 2.45) is 5.92 Å². The maximum atomic E-state index is 13.0. The molecule has 3 aromatic rings. The van der Waals surface area contributed by atoms with E-state index < -0.39 is 15.6 Å². The van der Waals surface area contributed by atoms with Crippen molar-refractivity contribution >= 4 is 26.8 Å². The predicted octanol–water partition coefficient (Wildman–Crippen LogP) is 3.42. The molecule has 9 nitrogen and oxygen atoms in total. The first-order chi connectivity index (χ1) is 14.5. The number of anilines is 1. The molecule has 0 radical (unpaired) electrons. The molecular weight excluding hydrogens is 420 g/mol. The highest BCUT2D eigenvalue weighted by atomic mass is 32.2. The fourth-order valence-corrected chi connectivity index (χ4v) is 5.95. The molecule has 0 aliphatic carbocycles. The number of rotatable bonds is 7. The summed E-state index contributed by atoms with van der Waals surface area (Å²) in [5.41, 5.74) is 0.428. The molecule has 0 saturated carbocycles. The monoisotopic (exact) mass is 448 g/mol. The molecule has 1 aromatic carbocycles. The molecule has 1 aliphatic rings. The molecule has 31 heavy (non-hydrogen) atoms. The van der Waals surface area contributed by atoms with Crippen LogP contribution in [0.5, 0.6) is 5.75 Å². The number of methoxy groups -OCH3 is 1. The molecule has 1 aliphatic heterocycles. The van der Waals surface area contributed by atoms with E-state index in [0.29, 0.717) is 29.7 Å². The molecule has 2 aromatic heterocycles. The number of hydrogen-bond acceptors (Lipinski definition) is 7. The highest BCUT2D eigenvalue weighted by Gasteiger charge is 2.47. The number of nitrogens with zero attached hydrogens (tertiary/aromatic N) is 3. The average molecular weight is 449 g/mol. The molecule has 1 atom stereocenters. The van der Waals surface area contributed by atoms with Crippen molar-refractivity contribution in [1.29, 1.82) is 0 Å². The molecule has 1 fully saturated rings. The van der Waals surface area contributed by atoms with Gasteiger partial charge in [-0.2, -0.15) is 5.10 Å². The first-order valence-electron chi connectivity index (χ1n) is 10.1. The van der Waals surface area contributed by atoms with Gasteiger partial charge in [-0.15, -0.1) is 0 Å². The summed E-state index contributed by atoms with van der Waals surface area (Å²) >= 11 is 0. The molecule has 0 amide bonds. The number of hydrogen-bond donors (Lipinski definition) is 1. The molecule has 168 valence electrons. The zero-order valence-corrected chi connectivity index (χ0v) is 19.2. The second-order valence-corrected chi connectivity index (χ2v) is 10.9. The summed E-state index contributed by atoms with van der Waals surface area (Å²) in [6.45, 7) is 8.33. The number of fused-ring (bicyclic) bond motifs is 1. The topological polar surface area (TPSA) is 108 Å². The fourth-order valence-electron chi connectivity index (χ4n) is 4.38. The van der Waals surface area contributed by atoms with Crippen LogP contribution in [0, 0.1) is 5.92 Å². The van der Waals surface area contributed by atoms with Crippen molar-refractivity contribution in [3.05, 3.63) is 36.2 Å². The van der Waals surface area contributed by atoms with Gasteiger partial charge in [-0.25, -0.2) is 8.42 Å². The van der Waals surface area contributed by atoms with Gasteiger partial charge in [0.15, 0.2) is 11.4 Å². The summed E-state index contributed by atoms with van der Waals surface area (Å²) in [6.07, 6.45) is 4.21. The number of ether oxygens (including phenoxy) is 2. The van der Waals surface area contributed by atoms with Crippen LogP contribution in [0.2, 0.25) is 0 Å². The van der Waals surface area contributed by atoms with Crippen molar-refractivity contribution in [2.75, 3.05) is 17.6 Å². The minimum atomic E-state index is -3.70. The van der Waals surface area contributed by atoms with Gasteiger partial charge in [-0.05, 0) is 57.9 Å². The Morgan fingerprint density at radius 2 is 2.06 bits per heavy atom. The van der Waals surface area contributed by atoms with E-state index >= 15 is 0 Å². The lowest BCUT2D eigenvalue weighted by Gasteiger charge is -2.27. The van der Waals surface area contributed by atoms with Crippen LogP contribution in [0.3, 0.4) is 0 Å². The van der Waals surface area contributed by atoms with E-state index in [-0.39, 0.29) is 23.1 Å². The van der Waals surface area contributed by atoms with Crippen LogP contribution in [0.1, 0.15) is 39.7 Å². The summed E-state index contributed by atoms with van der Waals surface area (Å²) in [7, 11) is -2.17. The van der Waals surface area contributed by atoms with E-state index in [1.165, 1.54) is 7.11 Å². The Morgan fingerprint density at radius 1 is 1.29 bits per heavy atom. The van der Waals surface area contributed by atoms with E-state index in [2.05, 4.69) is 15.0 Å². The average Bonchev–Trinajstić information content (AvgIpc) is 3.33. The van der Waals surface area contributed by atoms with Crippen molar-refractivity contribution in [1.82, 2.24) is 14.9 Å². The quantitative estimate of drug-likeness (QED) is 0.590. The third-order valence-corrected chi connectivity index (χ3v) is 7.00. The highest BCUT2D eigenvalue weighted by Crippen LogP contribution is 2.43. The third-order valence-electron chi connectivity index (χ3n) is 5.65. The Morgan fingerprint density at radius 3 is 2.68 bits per heavy atom. The third kappa shape index (κ3) is 4.54. The maximum absolute atomic E-state index is 13.0. The van der Waals surface area contributed by atoms with Gasteiger partial charge < -0.3 is 14.0 Å². The van der Waals surface area contributed by atoms with Crippen LogP contribution in [-0.4, -0.2) is 47.4 Å². The van der Waals surface area contributed by atoms with Crippen molar-refractivity contribution < 1.29 is 22.4 Å². The van der Waals surface area contributed by atoms with Crippen LogP contribution in [0.15, 0.2) is 35.1 Å². The molecular formula is C21H28N4O5S. The van der Waals surface area contributed by atoms with E-state index in [1.54, 1.807) is 16.9 Å². The molecule has 3 heterocycles. The number of sulfonamides is 1. The second kappa shape index (κ2) is 7.52. The van der Waals surface area contributed by atoms with Crippen LogP contribution in [0.4, 0.5) is 5.82 Å². The first-order valence-corrected chi connectivity index (χ1v) is 11.8. The summed E-state index contributed by atoms with van der Waals surface area (Å²) < 4.78 is 47.3. The molecule has 0 bridgehead atoms. The summed E-state index contributed by atoms with van der Waals surface area (Å²) in [5, 5.41) is 8.65. The van der Waals surface area contributed by atoms with Crippen molar-refractivity contribution in [2.45, 2.75) is 51.9 Å². The van der Waals surface area contributed by atoms with Gasteiger partial charge in [-0.3, -0.25) is 9.40 Å². The molecule has 1 N–H and O–H groups in total. The predicted molar refractivity (Wildman–Crippen MR) is 117 cm³/mol. The molecule has 1 saturated heterocycles. The summed E-state index contributed by atoms with van der Waals surface area (Å²) in [6, 6.07) is 5.48. The van der Waals surface area contributed by atoms with Crippen molar-refractivity contribution in [3.8, 4) is 5.75 Å². The van der Waals surface area contributed by atoms with Gasteiger partial charge in [0.2, 0.25) is 10.0 Å². The normalized spacial score (nSPS) is 20.2. The lowest BCUT2D eigenvalue weighted by Crippen LogP contribution is -2.34. The summed E-state index contributed by atoms with van der Waals surface area (Å²) in [4.78, 5) is 0. The van der Waals surface area contributed by atoms with Gasteiger partial charge in [0.25, 0.3) is 0 Å². The maximum Gasteiger partial charge on any atom is 0.234 e. The Hall–Kier alpha value is -2.59. The van der Waals surface area contributed by atoms with Gasteiger partial charge in [0.05, 0.1) is 30.6 Å². The van der Waals surface area contributed by atoms with Crippen LogP contribution in [-0.2, 0) is 21.3 Å².